The van der Waals surface area contributed by atoms with E-state index in [1.54, 1.807) is 0 Å². The summed E-state index contributed by atoms with van der Waals surface area (Å²) in [5, 5.41) is 0. The molecular formula is C22H26F2O. The van der Waals surface area contributed by atoms with Crippen molar-refractivity contribution >= 4 is 0 Å². The van der Waals surface area contributed by atoms with E-state index in [1.807, 2.05) is 13.0 Å². The van der Waals surface area contributed by atoms with Crippen LogP contribution in [-0.2, 0) is 19.3 Å². The van der Waals surface area contributed by atoms with E-state index in [9.17, 15) is 8.78 Å². The van der Waals surface area contributed by atoms with Crippen LogP contribution in [0.3, 0.4) is 0 Å². The molecule has 2 aromatic carbocycles. The van der Waals surface area contributed by atoms with Gasteiger partial charge in [0.1, 0.15) is 17.4 Å². The molecule has 0 bridgehead atoms. The van der Waals surface area contributed by atoms with E-state index in [4.69, 9.17) is 4.74 Å². The smallest absolute Gasteiger partial charge is 0.129 e. The highest BCUT2D eigenvalue weighted by molar-refractivity contribution is 5.40. The maximum Gasteiger partial charge on any atom is 0.129 e. The Balaban J connectivity index is 1.78. The van der Waals surface area contributed by atoms with Crippen molar-refractivity contribution in [3.05, 3.63) is 64.2 Å². The van der Waals surface area contributed by atoms with Gasteiger partial charge in [-0.1, -0.05) is 26.3 Å². The van der Waals surface area contributed by atoms with Crippen molar-refractivity contribution in [3.8, 4) is 5.75 Å². The second-order valence-electron chi connectivity index (χ2n) is 6.90. The quantitative estimate of drug-likeness (QED) is 0.586. The Hall–Kier alpha value is -1.90. The van der Waals surface area contributed by atoms with Gasteiger partial charge < -0.3 is 4.74 Å². The summed E-state index contributed by atoms with van der Waals surface area (Å²) in [6.07, 6.45) is 5.09. The van der Waals surface area contributed by atoms with Crippen LogP contribution in [0.15, 0.2) is 30.3 Å². The number of aryl methyl sites for hydroxylation is 2. The van der Waals surface area contributed by atoms with Gasteiger partial charge in [-0.2, -0.15) is 0 Å². The first-order valence-corrected chi connectivity index (χ1v) is 9.34. The second-order valence-corrected chi connectivity index (χ2v) is 6.90. The molecule has 1 aliphatic rings. The van der Waals surface area contributed by atoms with Crippen LogP contribution in [0.2, 0.25) is 0 Å². The molecule has 3 rings (SSSR count). The maximum absolute atomic E-state index is 14.4. The summed E-state index contributed by atoms with van der Waals surface area (Å²) in [5.74, 6) is 0.00946. The molecule has 0 aliphatic heterocycles. The zero-order chi connectivity index (χ0) is 17.8. The van der Waals surface area contributed by atoms with Gasteiger partial charge in [0.05, 0.1) is 6.61 Å². The Morgan fingerprint density at radius 1 is 1.04 bits per heavy atom. The number of benzene rings is 2. The van der Waals surface area contributed by atoms with Crippen LogP contribution < -0.4 is 4.74 Å². The zero-order valence-corrected chi connectivity index (χ0v) is 15.1. The van der Waals surface area contributed by atoms with E-state index < -0.39 is 11.6 Å². The van der Waals surface area contributed by atoms with Gasteiger partial charge in [0.2, 0.25) is 0 Å². The lowest BCUT2D eigenvalue weighted by Crippen LogP contribution is -2.16. The summed E-state index contributed by atoms with van der Waals surface area (Å²) in [7, 11) is 0. The van der Waals surface area contributed by atoms with Crippen molar-refractivity contribution in [1.29, 1.82) is 0 Å². The highest BCUT2D eigenvalue weighted by atomic mass is 19.1. The van der Waals surface area contributed by atoms with Crippen LogP contribution in [0.4, 0.5) is 8.78 Å². The number of ether oxygens (including phenoxy) is 1. The third-order valence-corrected chi connectivity index (χ3v) is 5.13. The summed E-state index contributed by atoms with van der Waals surface area (Å²) >= 11 is 0. The first-order valence-electron chi connectivity index (χ1n) is 9.34. The molecule has 0 radical (unpaired) electrons. The summed E-state index contributed by atoms with van der Waals surface area (Å²) in [5.41, 5.74) is 3.39. The fraction of sp³-hybridized carbons (Fsp3) is 0.455. The average Bonchev–Trinajstić information content (AvgIpc) is 2.61. The normalized spacial score (nSPS) is 16.6. The monoisotopic (exact) mass is 344 g/mol. The molecule has 0 N–H and O–H groups in total. The number of hydrogen-bond donors (Lipinski definition) is 0. The Morgan fingerprint density at radius 3 is 2.48 bits per heavy atom. The average molecular weight is 344 g/mol. The molecule has 1 unspecified atom stereocenters. The van der Waals surface area contributed by atoms with Crippen molar-refractivity contribution in [2.45, 2.75) is 58.3 Å². The van der Waals surface area contributed by atoms with Gasteiger partial charge in [0, 0.05) is 5.56 Å². The fourth-order valence-corrected chi connectivity index (χ4v) is 3.63. The van der Waals surface area contributed by atoms with E-state index in [1.165, 1.54) is 23.3 Å². The molecule has 0 aromatic heterocycles. The van der Waals surface area contributed by atoms with Crippen LogP contribution in [-0.4, -0.2) is 6.61 Å². The molecule has 1 atom stereocenters. The number of fused-ring (bicyclic) bond motifs is 1. The molecule has 0 spiro atoms. The SMILES string of the molecule is CCCCOc1ccc2c(c1)CCC(c1c(F)cc(CC)cc1F)C2. The zero-order valence-electron chi connectivity index (χ0n) is 15.1. The van der Waals surface area contributed by atoms with Gasteiger partial charge in [0.25, 0.3) is 0 Å². The Bertz CT molecular complexity index is 716. The molecule has 3 heteroatoms. The Morgan fingerprint density at radius 2 is 1.80 bits per heavy atom. The topological polar surface area (TPSA) is 9.23 Å². The fourth-order valence-electron chi connectivity index (χ4n) is 3.63. The highest BCUT2D eigenvalue weighted by Crippen LogP contribution is 2.36. The highest BCUT2D eigenvalue weighted by Gasteiger charge is 2.26. The van der Waals surface area contributed by atoms with Crippen LogP contribution in [0.1, 0.15) is 61.3 Å². The van der Waals surface area contributed by atoms with Gasteiger partial charge in [-0.15, -0.1) is 0 Å². The molecule has 1 nitrogen and oxygen atoms in total. The molecule has 1 aliphatic carbocycles. The van der Waals surface area contributed by atoms with Gasteiger partial charge in [-0.3, -0.25) is 0 Å². The van der Waals surface area contributed by atoms with E-state index in [-0.39, 0.29) is 11.5 Å². The van der Waals surface area contributed by atoms with Crippen molar-refractivity contribution in [2.24, 2.45) is 0 Å². The van der Waals surface area contributed by atoms with E-state index in [0.29, 0.717) is 18.4 Å². The summed E-state index contributed by atoms with van der Waals surface area (Å²) in [6, 6.07) is 9.09. The van der Waals surface area contributed by atoms with Crippen molar-refractivity contribution in [3.63, 3.8) is 0 Å². The largest absolute Gasteiger partial charge is 0.494 e. The van der Waals surface area contributed by atoms with Gasteiger partial charge >= 0.3 is 0 Å². The number of unbranched alkanes of at least 4 members (excludes halogenated alkanes) is 1. The summed E-state index contributed by atoms with van der Waals surface area (Å²) in [6.45, 7) is 4.78. The van der Waals surface area contributed by atoms with Gasteiger partial charge in [0.15, 0.2) is 0 Å². The first kappa shape index (κ1) is 17.9. The molecule has 25 heavy (non-hydrogen) atoms. The molecule has 0 fully saturated rings. The molecule has 0 amide bonds. The van der Waals surface area contributed by atoms with Crippen molar-refractivity contribution in [1.82, 2.24) is 0 Å². The van der Waals surface area contributed by atoms with Gasteiger partial charge in [-0.25, -0.2) is 8.78 Å². The third kappa shape index (κ3) is 4.02. The summed E-state index contributed by atoms with van der Waals surface area (Å²) < 4.78 is 34.6. The minimum absolute atomic E-state index is 0.0923. The van der Waals surface area contributed by atoms with E-state index >= 15 is 0 Å². The van der Waals surface area contributed by atoms with Crippen molar-refractivity contribution in [2.75, 3.05) is 6.61 Å². The lowest BCUT2D eigenvalue weighted by atomic mass is 9.79. The van der Waals surface area contributed by atoms with E-state index in [0.717, 1.165) is 38.0 Å². The molecule has 0 saturated heterocycles. The van der Waals surface area contributed by atoms with Crippen LogP contribution in [0.5, 0.6) is 5.75 Å². The van der Waals surface area contributed by atoms with E-state index in [2.05, 4.69) is 19.1 Å². The first-order chi connectivity index (χ1) is 12.1. The number of halogens is 2. The number of hydrogen-bond acceptors (Lipinski definition) is 1. The summed E-state index contributed by atoms with van der Waals surface area (Å²) in [4.78, 5) is 0. The van der Waals surface area contributed by atoms with Crippen LogP contribution in [0.25, 0.3) is 0 Å². The molecule has 0 saturated carbocycles. The predicted molar refractivity (Wildman–Crippen MR) is 97.3 cm³/mol. The molecule has 0 heterocycles. The minimum atomic E-state index is -0.398. The van der Waals surface area contributed by atoms with Gasteiger partial charge in [-0.05, 0) is 79.0 Å². The minimum Gasteiger partial charge on any atom is -0.494 e. The lowest BCUT2D eigenvalue weighted by molar-refractivity contribution is 0.308. The molecule has 134 valence electrons. The molecular weight excluding hydrogens is 318 g/mol. The standard InChI is InChI=1S/C22H26F2O/c1-3-5-10-25-19-9-8-16-13-18(7-6-17(16)14-19)22-20(23)11-15(4-2)12-21(22)24/h8-9,11-12,14,18H,3-7,10,13H2,1-2H3. The predicted octanol–water partition coefficient (Wildman–Crippen LogP) is 5.98. The van der Waals surface area contributed by atoms with Crippen LogP contribution >= 0.6 is 0 Å². The maximum atomic E-state index is 14.4. The number of rotatable bonds is 6. The molecule has 2 aromatic rings. The lowest BCUT2D eigenvalue weighted by Gasteiger charge is -2.26. The second kappa shape index (κ2) is 7.99. The van der Waals surface area contributed by atoms with Crippen molar-refractivity contribution < 1.29 is 13.5 Å². The third-order valence-electron chi connectivity index (χ3n) is 5.13. The Kier molecular flexibility index (Phi) is 5.72. The Labute approximate surface area is 149 Å². The van der Waals surface area contributed by atoms with Crippen LogP contribution in [0, 0.1) is 11.6 Å².